The zero-order valence-corrected chi connectivity index (χ0v) is 33.2. The largest absolute Gasteiger partial charge is 0.385 e. The quantitative estimate of drug-likeness (QED) is 0.0912. The van der Waals surface area contributed by atoms with Gasteiger partial charge in [0.25, 0.3) is 0 Å². The van der Waals surface area contributed by atoms with Gasteiger partial charge in [-0.3, -0.25) is 0 Å². The summed E-state index contributed by atoms with van der Waals surface area (Å²) in [4.78, 5) is 0. The van der Waals surface area contributed by atoms with E-state index in [1.165, 1.54) is 7.11 Å². The summed E-state index contributed by atoms with van der Waals surface area (Å²) in [7, 11) is 1.46. The first kappa shape index (κ1) is 42.8. The lowest BCUT2D eigenvalue weighted by Crippen LogP contribution is -2.65. The molecule has 0 unspecified atom stereocenters. The zero-order valence-electron chi connectivity index (χ0n) is 33.2. The standard InChI is InChI=1S/C48H54O11/c1-51-47-41(49)46(56-31-38-25-15-6-16-26-38)44(40(57-47)33-53-28-35-19-9-3-10-20-35)59-48-42(50)45(55-30-37-23-13-5-14-24-37)43(54-29-36-21-11-4-12-22-36)39(58-48)32-52-27-34-17-7-2-8-18-34/h2-26,39-50H,27-33H2,1H3/t39-,40-,41+,42+,43+,44+,45-,46+,47+,48-/m0/s1. The lowest BCUT2D eigenvalue weighted by Gasteiger charge is -2.48. The molecular formula is C48H54O11. The molecule has 0 amide bonds. The number of ether oxygens (including phenoxy) is 9. The summed E-state index contributed by atoms with van der Waals surface area (Å²) in [5.41, 5.74) is 4.73. The second-order valence-electron chi connectivity index (χ2n) is 14.7. The van der Waals surface area contributed by atoms with Gasteiger partial charge in [-0.2, -0.15) is 0 Å². The van der Waals surface area contributed by atoms with Gasteiger partial charge in [0.15, 0.2) is 12.6 Å². The Balaban J connectivity index is 1.18. The second-order valence-corrected chi connectivity index (χ2v) is 14.7. The molecule has 10 atom stereocenters. The molecule has 2 heterocycles. The van der Waals surface area contributed by atoms with Crippen LogP contribution in [0.3, 0.4) is 0 Å². The molecule has 312 valence electrons. The lowest BCUT2D eigenvalue weighted by molar-refractivity contribution is -0.368. The maximum absolute atomic E-state index is 12.3. The molecule has 2 aliphatic rings. The highest BCUT2D eigenvalue weighted by molar-refractivity contribution is 5.17. The van der Waals surface area contributed by atoms with Gasteiger partial charge in [-0.25, -0.2) is 0 Å². The van der Waals surface area contributed by atoms with E-state index in [9.17, 15) is 10.2 Å². The van der Waals surface area contributed by atoms with Crippen LogP contribution >= 0.6 is 0 Å². The molecule has 0 saturated carbocycles. The minimum absolute atomic E-state index is 0.0561. The maximum atomic E-state index is 12.3. The first-order valence-electron chi connectivity index (χ1n) is 20.1. The van der Waals surface area contributed by atoms with E-state index in [1.807, 2.05) is 152 Å². The van der Waals surface area contributed by atoms with Gasteiger partial charge in [0.2, 0.25) is 0 Å². The molecule has 5 aromatic rings. The molecule has 2 N–H and O–H groups in total. The topological polar surface area (TPSA) is 124 Å². The Kier molecular flexibility index (Phi) is 16.2. The smallest absolute Gasteiger partial charge is 0.187 e. The number of hydrogen-bond acceptors (Lipinski definition) is 11. The van der Waals surface area contributed by atoms with Crippen LogP contribution in [0.5, 0.6) is 0 Å². The van der Waals surface area contributed by atoms with Crippen LogP contribution in [0.1, 0.15) is 27.8 Å². The van der Waals surface area contributed by atoms with Crippen molar-refractivity contribution in [3.05, 3.63) is 179 Å². The Labute approximate surface area is 346 Å². The van der Waals surface area contributed by atoms with E-state index in [1.54, 1.807) is 0 Å². The molecule has 5 aromatic carbocycles. The Morgan fingerprint density at radius 1 is 0.407 bits per heavy atom. The highest BCUT2D eigenvalue weighted by Crippen LogP contribution is 2.34. The average Bonchev–Trinajstić information content (AvgIpc) is 3.28. The zero-order chi connectivity index (χ0) is 40.7. The third kappa shape index (κ3) is 12.1. The molecule has 2 aliphatic heterocycles. The summed E-state index contributed by atoms with van der Waals surface area (Å²) in [6.07, 6.45) is -10.2. The number of aliphatic hydroxyl groups is 2. The van der Waals surface area contributed by atoms with E-state index in [0.717, 1.165) is 27.8 Å². The van der Waals surface area contributed by atoms with Crippen LogP contribution in [-0.4, -0.2) is 91.9 Å². The predicted octanol–water partition coefficient (Wildman–Crippen LogP) is 6.38. The van der Waals surface area contributed by atoms with Crippen molar-refractivity contribution >= 4 is 0 Å². The van der Waals surface area contributed by atoms with E-state index < -0.39 is 61.4 Å². The Hall–Kier alpha value is -4.34. The van der Waals surface area contributed by atoms with Crippen LogP contribution < -0.4 is 0 Å². The first-order valence-corrected chi connectivity index (χ1v) is 20.1. The second kappa shape index (κ2) is 22.3. The number of rotatable bonds is 20. The van der Waals surface area contributed by atoms with Crippen molar-refractivity contribution < 1.29 is 52.8 Å². The van der Waals surface area contributed by atoms with Crippen LogP contribution in [0, 0.1) is 0 Å². The molecular weight excluding hydrogens is 753 g/mol. The summed E-state index contributed by atoms with van der Waals surface area (Å²) in [6, 6.07) is 48.8. The number of aliphatic hydroxyl groups excluding tert-OH is 2. The van der Waals surface area contributed by atoms with Crippen molar-refractivity contribution in [3.63, 3.8) is 0 Å². The fraction of sp³-hybridized carbons (Fsp3) is 0.375. The predicted molar refractivity (Wildman–Crippen MR) is 218 cm³/mol. The average molecular weight is 807 g/mol. The normalized spacial score (nSPS) is 27.0. The Bertz CT molecular complexity index is 1890. The van der Waals surface area contributed by atoms with E-state index >= 15 is 0 Å². The summed E-state index contributed by atoms with van der Waals surface area (Å²) in [6.45, 7) is 1.39. The molecule has 0 spiro atoms. The van der Waals surface area contributed by atoms with Gasteiger partial charge < -0.3 is 52.8 Å². The van der Waals surface area contributed by atoms with Crippen LogP contribution in [0.2, 0.25) is 0 Å². The van der Waals surface area contributed by atoms with Gasteiger partial charge >= 0.3 is 0 Å². The van der Waals surface area contributed by atoms with Crippen LogP contribution in [-0.2, 0) is 75.7 Å². The van der Waals surface area contributed by atoms with Crippen molar-refractivity contribution in [1.82, 2.24) is 0 Å². The lowest BCUT2D eigenvalue weighted by atomic mass is 9.96. The van der Waals surface area contributed by atoms with E-state index in [-0.39, 0.29) is 33.0 Å². The molecule has 7 rings (SSSR count). The SMILES string of the molecule is CO[C@@H]1O[C@@H](COCc2ccccc2)[C@@H](O[C@@H]2O[C@@H](COCc3ccccc3)[C@@H](OCc3ccccc3)[C@@H](OCc3ccccc3)[C@H]2O)[C@H](OCc2ccccc2)[C@H]1O. The molecule has 0 aromatic heterocycles. The molecule has 0 bridgehead atoms. The van der Waals surface area contributed by atoms with Gasteiger partial charge in [0.05, 0.1) is 46.2 Å². The van der Waals surface area contributed by atoms with E-state index in [0.29, 0.717) is 13.2 Å². The van der Waals surface area contributed by atoms with Crippen molar-refractivity contribution in [2.24, 2.45) is 0 Å². The van der Waals surface area contributed by atoms with Gasteiger partial charge in [-0.05, 0) is 27.8 Å². The minimum Gasteiger partial charge on any atom is -0.385 e. The number of benzene rings is 5. The van der Waals surface area contributed by atoms with Crippen molar-refractivity contribution in [2.75, 3.05) is 20.3 Å². The first-order chi connectivity index (χ1) is 29.1. The van der Waals surface area contributed by atoms with Gasteiger partial charge in [-0.15, -0.1) is 0 Å². The van der Waals surface area contributed by atoms with Crippen molar-refractivity contribution in [2.45, 2.75) is 94.4 Å². The van der Waals surface area contributed by atoms with Gasteiger partial charge in [0, 0.05) is 7.11 Å². The molecule has 11 nitrogen and oxygen atoms in total. The van der Waals surface area contributed by atoms with Crippen LogP contribution in [0.25, 0.3) is 0 Å². The molecule has 2 fully saturated rings. The molecule has 59 heavy (non-hydrogen) atoms. The van der Waals surface area contributed by atoms with Gasteiger partial charge in [-0.1, -0.05) is 152 Å². The summed E-state index contributed by atoms with van der Waals surface area (Å²) < 4.78 is 57.5. The van der Waals surface area contributed by atoms with E-state index in [4.69, 9.17) is 42.6 Å². The highest BCUT2D eigenvalue weighted by atomic mass is 16.8. The highest BCUT2D eigenvalue weighted by Gasteiger charge is 2.53. The number of hydrogen-bond donors (Lipinski definition) is 2. The molecule has 2 saturated heterocycles. The van der Waals surface area contributed by atoms with Crippen LogP contribution in [0.4, 0.5) is 0 Å². The summed E-state index contributed by atoms with van der Waals surface area (Å²) in [5.74, 6) is 0. The Morgan fingerprint density at radius 3 is 1.14 bits per heavy atom. The molecule has 0 aliphatic carbocycles. The van der Waals surface area contributed by atoms with Crippen molar-refractivity contribution in [1.29, 1.82) is 0 Å². The van der Waals surface area contributed by atoms with E-state index in [2.05, 4.69) is 0 Å². The molecule has 11 heteroatoms. The molecule has 0 radical (unpaired) electrons. The third-order valence-electron chi connectivity index (χ3n) is 10.4. The summed E-state index contributed by atoms with van der Waals surface area (Å²) in [5, 5.41) is 24.0. The fourth-order valence-corrected chi connectivity index (χ4v) is 7.30. The fourth-order valence-electron chi connectivity index (χ4n) is 7.30. The summed E-state index contributed by atoms with van der Waals surface area (Å²) >= 11 is 0. The number of methoxy groups -OCH3 is 1. The Morgan fingerprint density at radius 2 is 0.729 bits per heavy atom. The maximum Gasteiger partial charge on any atom is 0.187 e. The van der Waals surface area contributed by atoms with Crippen molar-refractivity contribution in [3.8, 4) is 0 Å². The minimum atomic E-state index is -1.36. The van der Waals surface area contributed by atoms with Crippen LogP contribution in [0.15, 0.2) is 152 Å². The van der Waals surface area contributed by atoms with Gasteiger partial charge in [0.1, 0.15) is 48.8 Å². The third-order valence-corrected chi connectivity index (χ3v) is 10.4. The monoisotopic (exact) mass is 806 g/mol.